The average molecular weight is 393 g/mol. The summed E-state index contributed by atoms with van der Waals surface area (Å²) in [6, 6.07) is 8.08. The highest BCUT2D eigenvalue weighted by Gasteiger charge is 2.30. The lowest BCUT2D eigenvalue weighted by atomic mass is 10.2. The molecule has 2 rings (SSSR count). The van der Waals surface area contributed by atoms with Crippen LogP contribution in [0.5, 0.6) is 0 Å². The fourth-order valence-corrected chi connectivity index (χ4v) is 3.88. The summed E-state index contributed by atoms with van der Waals surface area (Å²) >= 11 is 0. The van der Waals surface area contributed by atoms with Crippen LogP contribution >= 0.6 is 0 Å². The standard InChI is InChI=1S/C15H14F3NO4S2/c1-2-24(20,21)13-9-5-12(6-10-13)19-25(22,23)14-7-3-11(4-8-14)15(16,17)18/h3-10,19H,2H2,1H3. The molecule has 0 amide bonds. The van der Waals surface area contributed by atoms with Gasteiger partial charge in [0.05, 0.1) is 21.1 Å². The molecular formula is C15H14F3NO4S2. The number of sulfone groups is 1. The number of halogens is 3. The van der Waals surface area contributed by atoms with E-state index in [0.29, 0.717) is 12.1 Å². The zero-order valence-corrected chi connectivity index (χ0v) is 14.5. The molecule has 2 aromatic carbocycles. The SMILES string of the molecule is CCS(=O)(=O)c1ccc(NS(=O)(=O)c2ccc(C(F)(F)F)cc2)cc1. The predicted molar refractivity (Wildman–Crippen MR) is 86.4 cm³/mol. The summed E-state index contributed by atoms with van der Waals surface area (Å²) in [6.07, 6.45) is -4.56. The molecule has 0 atom stereocenters. The van der Waals surface area contributed by atoms with Crippen molar-refractivity contribution in [1.29, 1.82) is 0 Å². The monoisotopic (exact) mass is 393 g/mol. The van der Waals surface area contributed by atoms with Crippen molar-refractivity contribution in [3.63, 3.8) is 0 Å². The van der Waals surface area contributed by atoms with Crippen LogP contribution in [0.4, 0.5) is 18.9 Å². The molecule has 0 bridgehead atoms. The van der Waals surface area contributed by atoms with Crippen LogP contribution in [-0.2, 0) is 26.0 Å². The molecule has 0 spiro atoms. The van der Waals surface area contributed by atoms with Gasteiger partial charge in [0.25, 0.3) is 10.0 Å². The largest absolute Gasteiger partial charge is 0.416 e. The number of hydrogen-bond acceptors (Lipinski definition) is 4. The topological polar surface area (TPSA) is 80.3 Å². The maximum atomic E-state index is 12.5. The number of nitrogens with one attached hydrogen (secondary N) is 1. The summed E-state index contributed by atoms with van der Waals surface area (Å²) in [4.78, 5) is -0.293. The van der Waals surface area contributed by atoms with Crippen molar-refractivity contribution in [3.8, 4) is 0 Å². The van der Waals surface area contributed by atoms with Crippen molar-refractivity contribution >= 4 is 25.5 Å². The number of sulfonamides is 1. The van der Waals surface area contributed by atoms with E-state index in [9.17, 15) is 30.0 Å². The molecule has 25 heavy (non-hydrogen) atoms. The van der Waals surface area contributed by atoms with Crippen molar-refractivity contribution in [2.75, 3.05) is 10.5 Å². The van der Waals surface area contributed by atoms with Crippen LogP contribution in [0.15, 0.2) is 58.3 Å². The van der Waals surface area contributed by atoms with E-state index in [1.807, 2.05) is 0 Å². The highest BCUT2D eigenvalue weighted by molar-refractivity contribution is 7.92. The van der Waals surface area contributed by atoms with E-state index >= 15 is 0 Å². The van der Waals surface area contributed by atoms with Crippen molar-refractivity contribution in [2.45, 2.75) is 22.9 Å². The number of benzene rings is 2. The molecule has 0 heterocycles. The van der Waals surface area contributed by atoms with E-state index in [1.54, 1.807) is 0 Å². The number of anilines is 1. The van der Waals surface area contributed by atoms with Gasteiger partial charge in [0.15, 0.2) is 9.84 Å². The van der Waals surface area contributed by atoms with Gasteiger partial charge in [-0.25, -0.2) is 16.8 Å². The molecule has 0 unspecified atom stereocenters. The molecule has 10 heteroatoms. The summed E-state index contributed by atoms with van der Waals surface area (Å²) in [5.74, 6) is -0.0936. The second-order valence-corrected chi connectivity index (χ2v) is 9.02. The minimum Gasteiger partial charge on any atom is -0.280 e. The first kappa shape index (κ1) is 19.3. The maximum absolute atomic E-state index is 12.5. The lowest BCUT2D eigenvalue weighted by Gasteiger charge is -2.10. The van der Waals surface area contributed by atoms with Gasteiger partial charge in [-0.3, -0.25) is 4.72 Å². The molecule has 0 radical (unpaired) electrons. The summed E-state index contributed by atoms with van der Waals surface area (Å²) in [7, 11) is -7.51. The maximum Gasteiger partial charge on any atom is 0.416 e. The minimum atomic E-state index is -4.56. The van der Waals surface area contributed by atoms with Crippen LogP contribution < -0.4 is 4.72 Å². The zero-order chi connectivity index (χ0) is 18.9. The average Bonchev–Trinajstić information content (AvgIpc) is 2.54. The molecule has 5 nitrogen and oxygen atoms in total. The third kappa shape index (κ3) is 4.51. The molecule has 1 N–H and O–H groups in total. The van der Waals surface area contributed by atoms with E-state index in [4.69, 9.17) is 0 Å². The Morgan fingerprint density at radius 3 is 1.76 bits per heavy atom. The Hall–Kier alpha value is -2.07. The van der Waals surface area contributed by atoms with Gasteiger partial charge in [-0.05, 0) is 48.5 Å². The first-order chi connectivity index (χ1) is 11.5. The molecule has 0 saturated heterocycles. The van der Waals surface area contributed by atoms with Gasteiger partial charge in [-0.2, -0.15) is 13.2 Å². The molecule has 0 saturated carbocycles. The van der Waals surface area contributed by atoms with Crippen LogP contribution in [-0.4, -0.2) is 22.6 Å². The summed E-state index contributed by atoms with van der Waals surface area (Å²) in [5.41, 5.74) is -0.865. The number of alkyl halides is 3. The second-order valence-electron chi connectivity index (χ2n) is 5.06. The molecule has 2 aromatic rings. The Kier molecular flexibility index (Phi) is 5.14. The van der Waals surface area contributed by atoms with Crippen molar-refractivity contribution in [3.05, 3.63) is 54.1 Å². The van der Waals surface area contributed by atoms with Crippen LogP contribution in [0.2, 0.25) is 0 Å². The van der Waals surface area contributed by atoms with Crippen LogP contribution in [0.1, 0.15) is 12.5 Å². The Balaban J connectivity index is 2.24. The first-order valence-electron chi connectivity index (χ1n) is 6.98. The number of hydrogen-bond donors (Lipinski definition) is 1. The Morgan fingerprint density at radius 2 is 1.32 bits per heavy atom. The van der Waals surface area contributed by atoms with E-state index in [0.717, 1.165) is 12.1 Å². The van der Waals surface area contributed by atoms with Crippen molar-refractivity contribution in [2.24, 2.45) is 0 Å². The predicted octanol–water partition coefficient (Wildman–Crippen LogP) is 3.30. The third-order valence-electron chi connectivity index (χ3n) is 3.34. The second kappa shape index (κ2) is 6.68. The molecular weight excluding hydrogens is 379 g/mol. The Morgan fingerprint density at radius 1 is 0.840 bits per heavy atom. The van der Waals surface area contributed by atoms with Gasteiger partial charge in [0, 0.05) is 5.69 Å². The van der Waals surface area contributed by atoms with Crippen molar-refractivity contribution < 1.29 is 30.0 Å². The fraction of sp³-hybridized carbons (Fsp3) is 0.200. The normalized spacial score (nSPS) is 12.8. The summed E-state index contributed by atoms with van der Waals surface area (Å²) < 4.78 is 87.5. The van der Waals surface area contributed by atoms with Crippen LogP contribution in [0.25, 0.3) is 0 Å². The lowest BCUT2D eigenvalue weighted by molar-refractivity contribution is -0.137. The van der Waals surface area contributed by atoms with Crippen LogP contribution in [0.3, 0.4) is 0 Å². The molecule has 0 aliphatic carbocycles. The third-order valence-corrected chi connectivity index (χ3v) is 6.49. The Bertz CT molecular complexity index is 949. The van der Waals surface area contributed by atoms with E-state index < -0.39 is 31.6 Å². The van der Waals surface area contributed by atoms with Gasteiger partial charge < -0.3 is 0 Å². The lowest BCUT2D eigenvalue weighted by Crippen LogP contribution is -2.14. The molecule has 0 aliphatic rings. The quantitative estimate of drug-likeness (QED) is 0.845. The van der Waals surface area contributed by atoms with Gasteiger partial charge in [0.1, 0.15) is 0 Å². The minimum absolute atomic E-state index is 0.0486. The number of rotatable bonds is 5. The zero-order valence-electron chi connectivity index (χ0n) is 12.9. The Labute approximate surface area is 143 Å². The molecule has 0 aromatic heterocycles. The first-order valence-corrected chi connectivity index (χ1v) is 10.1. The summed E-state index contributed by atoms with van der Waals surface area (Å²) in [6.45, 7) is 1.48. The fourth-order valence-electron chi connectivity index (χ4n) is 1.93. The molecule has 0 fully saturated rings. The van der Waals surface area contributed by atoms with Crippen LogP contribution in [0, 0.1) is 0 Å². The van der Waals surface area contributed by atoms with E-state index in [-0.39, 0.29) is 21.2 Å². The van der Waals surface area contributed by atoms with E-state index in [2.05, 4.69) is 4.72 Å². The smallest absolute Gasteiger partial charge is 0.280 e. The van der Waals surface area contributed by atoms with Crippen molar-refractivity contribution in [1.82, 2.24) is 0 Å². The highest BCUT2D eigenvalue weighted by atomic mass is 32.2. The van der Waals surface area contributed by atoms with Gasteiger partial charge in [-0.15, -0.1) is 0 Å². The molecule has 0 aliphatic heterocycles. The van der Waals surface area contributed by atoms with Gasteiger partial charge in [-0.1, -0.05) is 6.92 Å². The highest BCUT2D eigenvalue weighted by Crippen LogP contribution is 2.30. The summed E-state index contributed by atoms with van der Waals surface area (Å²) in [5, 5.41) is 0. The van der Waals surface area contributed by atoms with E-state index in [1.165, 1.54) is 31.2 Å². The molecule has 136 valence electrons. The van der Waals surface area contributed by atoms with Gasteiger partial charge >= 0.3 is 6.18 Å². The van der Waals surface area contributed by atoms with Gasteiger partial charge in [0.2, 0.25) is 0 Å².